The molecule has 20 heavy (non-hydrogen) atoms. The van der Waals surface area contributed by atoms with E-state index in [4.69, 9.17) is 5.73 Å². The quantitative estimate of drug-likeness (QED) is 0.846. The first kappa shape index (κ1) is 16.3. The lowest BCUT2D eigenvalue weighted by Crippen LogP contribution is -2.35. The third-order valence-electron chi connectivity index (χ3n) is 2.47. The molecule has 0 heterocycles. The molecule has 112 valence electrons. The zero-order valence-corrected chi connectivity index (χ0v) is 11.0. The number of para-hydroxylation sites is 2. The van der Waals surface area contributed by atoms with E-state index in [0.717, 1.165) is 6.42 Å². The number of carbonyl (C=O) groups excluding carboxylic acids is 1. The molecule has 0 bridgehead atoms. The van der Waals surface area contributed by atoms with Crippen LogP contribution in [0.5, 0.6) is 5.75 Å². The molecule has 0 radical (unpaired) electrons. The van der Waals surface area contributed by atoms with E-state index in [2.05, 4.69) is 10.1 Å². The Kier molecular flexibility index (Phi) is 5.82. The molecule has 7 heteroatoms. The Morgan fingerprint density at radius 3 is 2.65 bits per heavy atom. The van der Waals surface area contributed by atoms with Crippen LogP contribution in [-0.4, -0.2) is 24.7 Å². The van der Waals surface area contributed by atoms with Gasteiger partial charge < -0.3 is 15.8 Å². The third kappa shape index (κ3) is 5.48. The normalized spacial score (nSPS) is 12.8. The molecule has 4 nitrogen and oxygen atoms in total. The molecule has 3 N–H and O–H groups in total. The average molecular weight is 290 g/mol. The van der Waals surface area contributed by atoms with Crippen molar-refractivity contribution >= 4 is 11.6 Å². The van der Waals surface area contributed by atoms with Crippen LogP contribution >= 0.6 is 0 Å². The van der Waals surface area contributed by atoms with E-state index >= 15 is 0 Å². The molecular weight excluding hydrogens is 273 g/mol. The van der Waals surface area contributed by atoms with E-state index in [1.54, 1.807) is 6.07 Å². The van der Waals surface area contributed by atoms with Crippen molar-refractivity contribution < 1.29 is 22.7 Å². The molecule has 1 aromatic rings. The van der Waals surface area contributed by atoms with Gasteiger partial charge in [0.1, 0.15) is 5.75 Å². The second-order valence-corrected chi connectivity index (χ2v) is 4.28. The van der Waals surface area contributed by atoms with Crippen molar-refractivity contribution in [3.05, 3.63) is 24.3 Å². The van der Waals surface area contributed by atoms with Gasteiger partial charge in [0.05, 0.1) is 11.7 Å². The maximum absolute atomic E-state index is 12.1. The van der Waals surface area contributed by atoms with Gasteiger partial charge in [-0.05, 0) is 18.6 Å². The largest absolute Gasteiger partial charge is 0.482 e. The molecule has 0 aliphatic rings. The maximum atomic E-state index is 12.1. The summed E-state index contributed by atoms with van der Waals surface area (Å²) in [6.45, 7) is 0.467. The summed E-state index contributed by atoms with van der Waals surface area (Å²) in [6.07, 6.45) is -3.20. The van der Waals surface area contributed by atoms with Crippen LogP contribution in [0.4, 0.5) is 18.9 Å². The molecule has 0 aromatic heterocycles. The molecule has 0 fully saturated rings. The number of carbonyl (C=O) groups is 1. The van der Waals surface area contributed by atoms with E-state index in [0.29, 0.717) is 6.42 Å². The standard InChI is InChI=1S/C13H17F3N2O2/c1-2-5-9(17)12(19)18-10-6-3-4-7-11(10)20-8-13(14,15)16/h3-4,6-7,9H,2,5,8,17H2,1H3,(H,18,19). The number of anilines is 1. The predicted molar refractivity (Wildman–Crippen MR) is 69.5 cm³/mol. The van der Waals surface area contributed by atoms with Crippen LogP contribution in [0.1, 0.15) is 19.8 Å². The van der Waals surface area contributed by atoms with Crippen molar-refractivity contribution in [3.63, 3.8) is 0 Å². The van der Waals surface area contributed by atoms with Crippen LogP contribution in [0.2, 0.25) is 0 Å². The van der Waals surface area contributed by atoms with Gasteiger partial charge in [-0.15, -0.1) is 0 Å². The van der Waals surface area contributed by atoms with E-state index < -0.39 is 24.7 Å². The smallest absolute Gasteiger partial charge is 0.422 e. The van der Waals surface area contributed by atoms with E-state index in [9.17, 15) is 18.0 Å². The second kappa shape index (κ2) is 7.14. The lowest BCUT2D eigenvalue weighted by atomic mass is 10.1. The topological polar surface area (TPSA) is 64.4 Å². The van der Waals surface area contributed by atoms with Crippen molar-refractivity contribution in [2.75, 3.05) is 11.9 Å². The maximum Gasteiger partial charge on any atom is 0.422 e. The van der Waals surface area contributed by atoms with Crippen LogP contribution in [0.25, 0.3) is 0 Å². The summed E-state index contributed by atoms with van der Waals surface area (Å²) >= 11 is 0. The van der Waals surface area contributed by atoms with Gasteiger partial charge in [0.25, 0.3) is 0 Å². The van der Waals surface area contributed by atoms with Gasteiger partial charge >= 0.3 is 6.18 Å². The fourth-order valence-corrected chi connectivity index (χ4v) is 1.52. The molecule has 0 aliphatic carbocycles. The van der Waals surface area contributed by atoms with E-state index in [1.165, 1.54) is 18.2 Å². The Balaban J connectivity index is 2.72. The Bertz CT molecular complexity index is 449. The summed E-state index contributed by atoms with van der Waals surface area (Å²) in [5, 5.41) is 2.48. The van der Waals surface area contributed by atoms with Crippen molar-refractivity contribution in [3.8, 4) is 5.75 Å². The fraction of sp³-hybridized carbons (Fsp3) is 0.462. The van der Waals surface area contributed by atoms with Gasteiger partial charge in [0.15, 0.2) is 6.61 Å². The molecule has 0 saturated carbocycles. The zero-order valence-electron chi connectivity index (χ0n) is 11.0. The van der Waals surface area contributed by atoms with E-state index in [1.807, 2.05) is 6.92 Å². The van der Waals surface area contributed by atoms with Gasteiger partial charge in [0.2, 0.25) is 5.91 Å². The third-order valence-corrected chi connectivity index (χ3v) is 2.47. The van der Waals surface area contributed by atoms with Crippen LogP contribution in [0.15, 0.2) is 24.3 Å². The minimum Gasteiger partial charge on any atom is -0.482 e. The molecule has 1 unspecified atom stereocenters. The van der Waals surface area contributed by atoms with Crippen LogP contribution in [0.3, 0.4) is 0 Å². The Morgan fingerprint density at radius 2 is 2.05 bits per heavy atom. The number of alkyl halides is 3. The Morgan fingerprint density at radius 1 is 1.40 bits per heavy atom. The molecular formula is C13H17F3N2O2. The second-order valence-electron chi connectivity index (χ2n) is 4.28. The number of amides is 1. The lowest BCUT2D eigenvalue weighted by molar-refractivity contribution is -0.153. The fourth-order valence-electron chi connectivity index (χ4n) is 1.52. The van der Waals surface area contributed by atoms with Gasteiger partial charge in [-0.1, -0.05) is 25.5 Å². The highest BCUT2D eigenvalue weighted by Crippen LogP contribution is 2.26. The van der Waals surface area contributed by atoms with Crippen molar-refractivity contribution in [2.45, 2.75) is 32.0 Å². The Hall–Kier alpha value is -1.76. The summed E-state index contributed by atoms with van der Waals surface area (Å²) in [4.78, 5) is 11.7. The average Bonchev–Trinajstić information content (AvgIpc) is 2.37. The van der Waals surface area contributed by atoms with Crippen molar-refractivity contribution in [1.29, 1.82) is 0 Å². The van der Waals surface area contributed by atoms with Crippen molar-refractivity contribution in [1.82, 2.24) is 0 Å². The number of hydrogen-bond donors (Lipinski definition) is 2. The molecule has 0 spiro atoms. The van der Waals surface area contributed by atoms with Gasteiger partial charge in [-0.3, -0.25) is 4.79 Å². The first-order valence-corrected chi connectivity index (χ1v) is 6.18. The SMILES string of the molecule is CCCC(N)C(=O)Nc1ccccc1OCC(F)(F)F. The van der Waals surface area contributed by atoms with Crippen LogP contribution in [0, 0.1) is 0 Å². The Labute approximate surface area is 115 Å². The lowest BCUT2D eigenvalue weighted by Gasteiger charge is -2.15. The first-order valence-electron chi connectivity index (χ1n) is 6.18. The molecule has 1 amide bonds. The van der Waals surface area contributed by atoms with Crippen molar-refractivity contribution in [2.24, 2.45) is 5.73 Å². The van der Waals surface area contributed by atoms with Gasteiger partial charge in [0, 0.05) is 0 Å². The minimum atomic E-state index is -4.43. The van der Waals surface area contributed by atoms with Crippen LogP contribution in [-0.2, 0) is 4.79 Å². The summed E-state index contributed by atoms with van der Waals surface area (Å²) in [5.41, 5.74) is 5.81. The molecule has 0 saturated heterocycles. The number of rotatable bonds is 6. The number of benzene rings is 1. The van der Waals surface area contributed by atoms with E-state index in [-0.39, 0.29) is 11.4 Å². The summed E-state index contributed by atoms with van der Waals surface area (Å²) in [5.74, 6) is -0.489. The highest BCUT2D eigenvalue weighted by atomic mass is 19.4. The number of halogens is 3. The number of hydrogen-bond acceptors (Lipinski definition) is 3. The summed E-state index contributed by atoms with van der Waals surface area (Å²) < 4.78 is 41.1. The minimum absolute atomic E-state index is 0.0399. The summed E-state index contributed by atoms with van der Waals surface area (Å²) in [6, 6.07) is 5.22. The molecule has 0 aliphatic heterocycles. The summed E-state index contributed by atoms with van der Waals surface area (Å²) in [7, 11) is 0. The van der Waals surface area contributed by atoms with Gasteiger partial charge in [-0.25, -0.2) is 0 Å². The van der Waals surface area contributed by atoms with Crippen LogP contribution < -0.4 is 15.8 Å². The monoisotopic (exact) mass is 290 g/mol. The van der Waals surface area contributed by atoms with Gasteiger partial charge in [-0.2, -0.15) is 13.2 Å². The molecule has 1 rings (SSSR count). The number of ether oxygens (including phenoxy) is 1. The predicted octanol–water partition coefficient (Wildman–Crippen LogP) is 2.69. The highest BCUT2D eigenvalue weighted by Gasteiger charge is 2.29. The molecule has 1 aromatic carbocycles. The number of nitrogens with one attached hydrogen (secondary N) is 1. The first-order chi connectivity index (χ1) is 9.33. The highest BCUT2D eigenvalue weighted by molar-refractivity contribution is 5.95. The zero-order chi connectivity index (χ0) is 15.2. The number of nitrogens with two attached hydrogens (primary N) is 1. The molecule has 1 atom stereocenters.